The van der Waals surface area contributed by atoms with Crippen molar-refractivity contribution in [1.82, 2.24) is 19.4 Å². The van der Waals surface area contributed by atoms with Crippen molar-refractivity contribution in [2.45, 2.75) is 75.7 Å². The highest BCUT2D eigenvalue weighted by atomic mass is 16.5. The van der Waals surface area contributed by atoms with Gasteiger partial charge in [-0.25, -0.2) is 4.98 Å². The Morgan fingerprint density at radius 1 is 1.28 bits per heavy atom. The third-order valence-corrected chi connectivity index (χ3v) is 7.43. The molecule has 0 unspecified atom stereocenters. The zero-order valence-corrected chi connectivity index (χ0v) is 17.6. The average molecular weight is 403 g/mol. The molecule has 1 amide bonds. The van der Waals surface area contributed by atoms with Gasteiger partial charge in [-0.3, -0.25) is 4.79 Å². The third kappa shape index (κ3) is 3.84. The summed E-state index contributed by atoms with van der Waals surface area (Å²) in [6.45, 7) is 5.03. The first-order valence-corrected chi connectivity index (χ1v) is 11.3. The molecule has 7 nitrogen and oxygen atoms in total. The van der Waals surface area contributed by atoms with Crippen molar-refractivity contribution in [3.63, 3.8) is 0 Å². The smallest absolute Gasteiger partial charge is 0.225 e. The molecule has 2 aliphatic heterocycles. The molecule has 0 atom stereocenters. The number of hydrogen-bond donors (Lipinski definition) is 1. The lowest BCUT2D eigenvalue weighted by Gasteiger charge is -2.44. The summed E-state index contributed by atoms with van der Waals surface area (Å²) >= 11 is 0. The highest BCUT2D eigenvalue weighted by Gasteiger charge is 2.45. The third-order valence-electron chi connectivity index (χ3n) is 7.43. The van der Waals surface area contributed by atoms with Gasteiger partial charge in [0, 0.05) is 51.8 Å². The summed E-state index contributed by atoms with van der Waals surface area (Å²) in [5.41, 5.74) is 0.164. The van der Waals surface area contributed by atoms with Crippen molar-refractivity contribution in [2.75, 3.05) is 33.3 Å². The Balaban J connectivity index is 1.24. The quantitative estimate of drug-likeness (QED) is 0.787. The van der Waals surface area contributed by atoms with Gasteiger partial charge in [-0.2, -0.15) is 0 Å². The van der Waals surface area contributed by atoms with Crippen LogP contribution in [-0.2, 0) is 28.2 Å². The molecule has 1 N–H and O–H groups in total. The van der Waals surface area contributed by atoms with E-state index in [4.69, 9.17) is 9.72 Å². The van der Waals surface area contributed by atoms with E-state index >= 15 is 0 Å². The molecule has 0 aromatic carbocycles. The van der Waals surface area contributed by atoms with E-state index < -0.39 is 5.60 Å². The molecule has 3 heterocycles. The number of piperidine rings is 1. The van der Waals surface area contributed by atoms with Crippen LogP contribution in [0.25, 0.3) is 0 Å². The van der Waals surface area contributed by atoms with Crippen molar-refractivity contribution < 1.29 is 14.6 Å². The van der Waals surface area contributed by atoms with E-state index in [1.807, 2.05) is 11.1 Å². The molecular weight excluding hydrogens is 368 g/mol. The normalized spacial score (nSPS) is 25.1. The van der Waals surface area contributed by atoms with Crippen molar-refractivity contribution >= 4 is 5.91 Å². The zero-order valence-electron chi connectivity index (χ0n) is 17.6. The Morgan fingerprint density at radius 3 is 2.69 bits per heavy atom. The van der Waals surface area contributed by atoms with Gasteiger partial charge in [0.15, 0.2) is 0 Å². The minimum Gasteiger partial charge on any atom is -0.389 e. The molecule has 160 valence electrons. The van der Waals surface area contributed by atoms with Crippen molar-refractivity contribution in [3.05, 3.63) is 17.7 Å². The summed E-state index contributed by atoms with van der Waals surface area (Å²) in [4.78, 5) is 21.8. The standard InChI is InChI=1S/C22H34N4O3/c1-24(15-17-3-4-17)16-18-14-23-20-22(29-12-11-26(18)20)7-9-25(10-8-22)19(27)13-21(28)5-2-6-21/h14,17,28H,2-13,15-16H2,1H3. The highest BCUT2D eigenvalue weighted by Crippen LogP contribution is 2.40. The Bertz CT molecular complexity index is 760. The Labute approximate surface area is 173 Å². The number of carbonyl (C=O) groups is 1. The molecular formula is C22H34N4O3. The van der Waals surface area contributed by atoms with Gasteiger partial charge in [0.1, 0.15) is 11.4 Å². The minimum absolute atomic E-state index is 0.0867. The molecule has 1 spiro atoms. The maximum absolute atomic E-state index is 12.6. The Morgan fingerprint density at radius 2 is 2.03 bits per heavy atom. The number of rotatable bonds is 6. The number of likely N-dealkylation sites (tertiary alicyclic amines) is 1. The molecule has 4 aliphatic rings. The summed E-state index contributed by atoms with van der Waals surface area (Å²) in [6.07, 6.45) is 9.16. The number of fused-ring (bicyclic) bond motifs is 2. The van der Waals surface area contributed by atoms with Crippen LogP contribution in [0.15, 0.2) is 6.20 Å². The second-order valence-electron chi connectivity index (χ2n) is 9.84. The lowest BCUT2D eigenvalue weighted by atomic mass is 9.77. The fourth-order valence-corrected chi connectivity index (χ4v) is 5.27. The van der Waals surface area contributed by atoms with Gasteiger partial charge in [-0.05, 0) is 45.1 Å². The molecule has 2 aliphatic carbocycles. The lowest BCUT2D eigenvalue weighted by Crippen LogP contribution is -2.51. The summed E-state index contributed by atoms with van der Waals surface area (Å²) < 4.78 is 8.67. The first-order valence-electron chi connectivity index (χ1n) is 11.3. The average Bonchev–Trinajstić information content (AvgIpc) is 3.39. The van der Waals surface area contributed by atoms with Crippen molar-refractivity contribution in [2.24, 2.45) is 5.92 Å². The minimum atomic E-state index is -0.745. The molecule has 0 bridgehead atoms. The van der Waals surface area contributed by atoms with E-state index in [1.54, 1.807) is 0 Å². The van der Waals surface area contributed by atoms with E-state index in [-0.39, 0.29) is 17.9 Å². The van der Waals surface area contributed by atoms with E-state index in [1.165, 1.54) is 25.1 Å². The molecule has 2 saturated carbocycles. The van der Waals surface area contributed by atoms with Crippen LogP contribution >= 0.6 is 0 Å². The molecule has 5 rings (SSSR count). The fraction of sp³-hybridized carbons (Fsp3) is 0.818. The molecule has 1 saturated heterocycles. The maximum atomic E-state index is 12.6. The van der Waals surface area contributed by atoms with Crippen molar-refractivity contribution in [3.8, 4) is 0 Å². The van der Waals surface area contributed by atoms with Crippen LogP contribution in [0.1, 0.15) is 62.9 Å². The number of amides is 1. The predicted molar refractivity (Wildman–Crippen MR) is 108 cm³/mol. The van der Waals surface area contributed by atoms with Crippen LogP contribution in [0.4, 0.5) is 0 Å². The van der Waals surface area contributed by atoms with Crippen LogP contribution < -0.4 is 0 Å². The summed E-state index contributed by atoms with van der Waals surface area (Å²) in [5, 5.41) is 10.3. The number of aliphatic hydroxyl groups is 1. The SMILES string of the molecule is CN(Cc1cnc2n1CCOC21CCN(C(=O)CC2(O)CCC2)CC1)CC1CC1. The van der Waals surface area contributed by atoms with Crippen molar-refractivity contribution in [1.29, 1.82) is 0 Å². The second kappa shape index (κ2) is 7.36. The van der Waals surface area contributed by atoms with Crippen LogP contribution in [0.2, 0.25) is 0 Å². The van der Waals surface area contributed by atoms with Crippen LogP contribution in [0.3, 0.4) is 0 Å². The van der Waals surface area contributed by atoms with Gasteiger partial charge < -0.3 is 24.2 Å². The molecule has 0 radical (unpaired) electrons. The number of carbonyl (C=O) groups excluding carboxylic acids is 1. The van der Waals surface area contributed by atoms with Gasteiger partial charge in [-0.15, -0.1) is 0 Å². The van der Waals surface area contributed by atoms with Gasteiger partial charge in [0.25, 0.3) is 0 Å². The largest absolute Gasteiger partial charge is 0.389 e. The van der Waals surface area contributed by atoms with Gasteiger partial charge >= 0.3 is 0 Å². The second-order valence-corrected chi connectivity index (χ2v) is 9.84. The number of nitrogens with zero attached hydrogens (tertiary/aromatic N) is 4. The Kier molecular flexibility index (Phi) is 4.95. The highest BCUT2D eigenvalue weighted by molar-refractivity contribution is 5.77. The summed E-state index contributed by atoms with van der Waals surface area (Å²) in [6, 6.07) is 0. The first kappa shape index (κ1) is 19.5. The number of hydrogen-bond acceptors (Lipinski definition) is 5. The van der Waals surface area contributed by atoms with Gasteiger partial charge in [-0.1, -0.05) is 0 Å². The summed E-state index contributed by atoms with van der Waals surface area (Å²) in [7, 11) is 2.20. The topological polar surface area (TPSA) is 70.8 Å². The number of ether oxygens (including phenoxy) is 1. The molecule has 3 fully saturated rings. The number of aromatic nitrogens is 2. The lowest BCUT2D eigenvalue weighted by molar-refractivity contribution is -0.151. The van der Waals surface area contributed by atoms with E-state index in [9.17, 15) is 9.90 Å². The monoisotopic (exact) mass is 402 g/mol. The summed E-state index contributed by atoms with van der Waals surface area (Å²) in [5.74, 6) is 2.02. The van der Waals surface area contributed by atoms with Gasteiger partial charge in [0.2, 0.25) is 5.91 Å². The molecule has 29 heavy (non-hydrogen) atoms. The zero-order chi connectivity index (χ0) is 20.1. The fourth-order valence-electron chi connectivity index (χ4n) is 5.27. The van der Waals surface area contributed by atoms with E-state index in [0.29, 0.717) is 19.7 Å². The number of imidazole rings is 1. The van der Waals surface area contributed by atoms with Gasteiger partial charge in [0.05, 0.1) is 24.3 Å². The first-order chi connectivity index (χ1) is 14.0. The van der Waals surface area contributed by atoms with Crippen LogP contribution in [0, 0.1) is 5.92 Å². The van der Waals surface area contributed by atoms with Crippen LogP contribution in [0.5, 0.6) is 0 Å². The molecule has 1 aromatic heterocycles. The van der Waals surface area contributed by atoms with Crippen LogP contribution in [-0.4, -0.2) is 69.3 Å². The Hall–Kier alpha value is -1.44. The van der Waals surface area contributed by atoms with E-state index in [2.05, 4.69) is 16.5 Å². The predicted octanol–water partition coefficient (Wildman–Crippen LogP) is 1.88. The molecule has 1 aromatic rings. The maximum Gasteiger partial charge on any atom is 0.225 e. The molecule has 7 heteroatoms. The van der Waals surface area contributed by atoms with E-state index in [0.717, 1.165) is 56.9 Å².